The van der Waals surface area contributed by atoms with Crippen LogP contribution in [0.25, 0.3) is 0 Å². The molecule has 0 fully saturated rings. The van der Waals surface area contributed by atoms with Crippen LogP contribution in [-0.4, -0.2) is 10.0 Å². The number of halogens is 1. The molecule has 2 aromatic carbocycles. The third-order valence-electron chi connectivity index (χ3n) is 2.94. The fraction of sp³-hybridized carbons (Fsp3) is 0.200. The highest BCUT2D eigenvalue weighted by atomic mass is 79.9. The van der Waals surface area contributed by atoms with Gasteiger partial charge in [0.25, 0.3) is 5.69 Å². The van der Waals surface area contributed by atoms with Crippen LogP contribution < -0.4 is 4.74 Å². The Labute approximate surface area is 130 Å². The third kappa shape index (κ3) is 4.03. The zero-order chi connectivity index (χ0) is 15.4. The molecule has 21 heavy (non-hydrogen) atoms. The lowest BCUT2D eigenvalue weighted by atomic mass is 10.1. The summed E-state index contributed by atoms with van der Waals surface area (Å²) in [5, 5.41) is 20.5. The second kappa shape index (κ2) is 6.69. The average molecular weight is 352 g/mol. The largest absolute Gasteiger partial charge is 0.488 e. The topological polar surface area (TPSA) is 72.6 Å². The molecule has 6 heteroatoms. The van der Waals surface area contributed by atoms with Crippen LogP contribution in [0.2, 0.25) is 0 Å². The van der Waals surface area contributed by atoms with Gasteiger partial charge in [-0.15, -0.1) is 0 Å². The van der Waals surface area contributed by atoms with Crippen LogP contribution in [0.4, 0.5) is 5.69 Å². The minimum Gasteiger partial charge on any atom is -0.488 e. The number of aliphatic hydroxyl groups excluding tert-OH is 1. The molecule has 0 unspecified atom stereocenters. The van der Waals surface area contributed by atoms with E-state index < -0.39 is 11.0 Å². The summed E-state index contributed by atoms with van der Waals surface area (Å²) in [6.07, 6.45) is -0.654. The van der Waals surface area contributed by atoms with E-state index in [9.17, 15) is 15.2 Å². The molecule has 5 nitrogen and oxygen atoms in total. The van der Waals surface area contributed by atoms with E-state index in [0.717, 1.165) is 4.47 Å². The fourth-order valence-electron chi connectivity index (χ4n) is 1.90. The van der Waals surface area contributed by atoms with Crippen LogP contribution in [0.15, 0.2) is 46.9 Å². The minimum atomic E-state index is -0.654. The quantitative estimate of drug-likeness (QED) is 0.652. The van der Waals surface area contributed by atoms with Gasteiger partial charge in [0.1, 0.15) is 12.4 Å². The Kier molecular flexibility index (Phi) is 4.93. The number of benzene rings is 2. The number of ether oxygens (including phenoxy) is 1. The summed E-state index contributed by atoms with van der Waals surface area (Å²) in [6, 6.07) is 11.6. The molecule has 1 N–H and O–H groups in total. The molecule has 0 aliphatic rings. The highest BCUT2D eigenvalue weighted by Gasteiger charge is 2.11. The first-order chi connectivity index (χ1) is 9.97. The number of hydrogen-bond acceptors (Lipinski definition) is 4. The number of nitro groups is 1. The molecule has 0 aromatic heterocycles. The Morgan fingerprint density at radius 3 is 2.76 bits per heavy atom. The maximum atomic E-state index is 10.7. The molecule has 0 heterocycles. The maximum Gasteiger partial charge on any atom is 0.269 e. The Bertz CT molecular complexity index is 658. The fourth-order valence-corrected chi connectivity index (χ4v) is 2.24. The molecule has 0 radical (unpaired) electrons. The van der Waals surface area contributed by atoms with Crippen molar-refractivity contribution in [3.05, 3.63) is 68.2 Å². The summed E-state index contributed by atoms with van der Waals surface area (Å²) >= 11 is 3.35. The standard InChI is InChI=1S/C15H14BrNO4/c1-10(18)14-6-5-12(16)8-15(14)21-9-11-3-2-4-13(7-11)17(19)20/h2-8,10,18H,9H2,1H3/t10-/m0/s1. The Hall–Kier alpha value is -1.92. The summed E-state index contributed by atoms with van der Waals surface area (Å²) in [4.78, 5) is 10.3. The number of nitrogens with zero attached hydrogens (tertiary/aromatic N) is 1. The van der Waals surface area contributed by atoms with Crippen molar-refractivity contribution in [2.45, 2.75) is 19.6 Å². The number of aliphatic hydroxyl groups is 1. The van der Waals surface area contributed by atoms with Gasteiger partial charge in [0.05, 0.1) is 11.0 Å². The summed E-state index contributed by atoms with van der Waals surface area (Å²) in [6.45, 7) is 1.85. The van der Waals surface area contributed by atoms with E-state index in [1.54, 1.807) is 31.2 Å². The SMILES string of the molecule is C[C@H](O)c1ccc(Br)cc1OCc1cccc([N+](=O)[O-])c1. The van der Waals surface area contributed by atoms with Gasteiger partial charge in [-0.1, -0.05) is 34.1 Å². The maximum absolute atomic E-state index is 10.7. The van der Waals surface area contributed by atoms with Crippen molar-refractivity contribution in [2.24, 2.45) is 0 Å². The lowest BCUT2D eigenvalue weighted by Gasteiger charge is -2.14. The molecule has 0 bridgehead atoms. The molecule has 110 valence electrons. The van der Waals surface area contributed by atoms with Crippen LogP contribution in [0.5, 0.6) is 5.75 Å². The van der Waals surface area contributed by atoms with E-state index in [2.05, 4.69) is 15.9 Å². The highest BCUT2D eigenvalue weighted by Crippen LogP contribution is 2.29. The van der Waals surface area contributed by atoms with Crippen LogP contribution in [-0.2, 0) is 6.61 Å². The molecule has 0 saturated heterocycles. The summed E-state index contributed by atoms with van der Waals surface area (Å²) in [5.41, 5.74) is 1.39. The second-order valence-electron chi connectivity index (χ2n) is 4.57. The van der Waals surface area contributed by atoms with Gasteiger partial charge in [0, 0.05) is 22.2 Å². The van der Waals surface area contributed by atoms with Crippen LogP contribution >= 0.6 is 15.9 Å². The number of rotatable bonds is 5. The number of nitro benzene ring substituents is 1. The smallest absolute Gasteiger partial charge is 0.269 e. The molecular weight excluding hydrogens is 338 g/mol. The Balaban J connectivity index is 2.18. The van der Waals surface area contributed by atoms with Gasteiger partial charge in [0.2, 0.25) is 0 Å². The summed E-state index contributed by atoms with van der Waals surface area (Å²) < 4.78 is 6.52. The predicted molar refractivity (Wildman–Crippen MR) is 82.2 cm³/mol. The van der Waals surface area contributed by atoms with Gasteiger partial charge in [-0.25, -0.2) is 0 Å². The van der Waals surface area contributed by atoms with E-state index in [4.69, 9.17) is 4.74 Å². The molecule has 0 spiro atoms. The normalized spacial score (nSPS) is 12.0. The van der Waals surface area contributed by atoms with Gasteiger partial charge >= 0.3 is 0 Å². The zero-order valence-electron chi connectivity index (χ0n) is 11.3. The molecule has 0 aliphatic heterocycles. The van der Waals surface area contributed by atoms with E-state index in [1.165, 1.54) is 12.1 Å². The van der Waals surface area contributed by atoms with Crippen LogP contribution in [0, 0.1) is 10.1 Å². The van der Waals surface area contributed by atoms with E-state index >= 15 is 0 Å². The van der Waals surface area contributed by atoms with E-state index in [1.807, 2.05) is 6.07 Å². The van der Waals surface area contributed by atoms with Gasteiger partial charge in [-0.05, 0) is 24.6 Å². The monoisotopic (exact) mass is 351 g/mol. The molecule has 2 rings (SSSR count). The predicted octanol–water partition coefficient (Wildman–Crippen LogP) is 3.99. The lowest BCUT2D eigenvalue weighted by molar-refractivity contribution is -0.384. The van der Waals surface area contributed by atoms with E-state index in [-0.39, 0.29) is 12.3 Å². The number of non-ortho nitro benzene ring substituents is 1. The van der Waals surface area contributed by atoms with Crippen molar-refractivity contribution < 1.29 is 14.8 Å². The zero-order valence-corrected chi connectivity index (χ0v) is 12.9. The van der Waals surface area contributed by atoms with Crippen molar-refractivity contribution in [1.29, 1.82) is 0 Å². The van der Waals surface area contributed by atoms with Crippen LogP contribution in [0.3, 0.4) is 0 Å². The first-order valence-corrected chi connectivity index (χ1v) is 7.10. The molecule has 1 atom stereocenters. The number of hydrogen-bond donors (Lipinski definition) is 1. The van der Waals surface area contributed by atoms with Crippen molar-refractivity contribution >= 4 is 21.6 Å². The van der Waals surface area contributed by atoms with Gasteiger partial charge in [0.15, 0.2) is 0 Å². The molecule has 0 aliphatic carbocycles. The highest BCUT2D eigenvalue weighted by molar-refractivity contribution is 9.10. The Morgan fingerprint density at radius 1 is 1.33 bits per heavy atom. The van der Waals surface area contributed by atoms with Crippen molar-refractivity contribution in [2.75, 3.05) is 0 Å². The van der Waals surface area contributed by atoms with Crippen molar-refractivity contribution in [3.8, 4) is 5.75 Å². The molecular formula is C15H14BrNO4. The Morgan fingerprint density at radius 2 is 2.10 bits per heavy atom. The van der Waals surface area contributed by atoms with Crippen LogP contribution in [0.1, 0.15) is 24.2 Å². The van der Waals surface area contributed by atoms with Crippen molar-refractivity contribution in [1.82, 2.24) is 0 Å². The molecule has 0 amide bonds. The second-order valence-corrected chi connectivity index (χ2v) is 5.49. The van der Waals surface area contributed by atoms with E-state index in [0.29, 0.717) is 16.9 Å². The summed E-state index contributed by atoms with van der Waals surface area (Å²) in [5.74, 6) is 0.547. The molecule has 2 aromatic rings. The van der Waals surface area contributed by atoms with Gasteiger partial charge in [-0.2, -0.15) is 0 Å². The minimum absolute atomic E-state index is 0.0288. The summed E-state index contributed by atoms with van der Waals surface area (Å²) in [7, 11) is 0. The third-order valence-corrected chi connectivity index (χ3v) is 3.43. The first kappa shape index (κ1) is 15.5. The average Bonchev–Trinajstić information content (AvgIpc) is 2.45. The molecule has 0 saturated carbocycles. The van der Waals surface area contributed by atoms with Gasteiger partial charge in [-0.3, -0.25) is 10.1 Å². The van der Waals surface area contributed by atoms with Gasteiger partial charge < -0.3 is 9.84 Å². The lowest BCUT2D eigenvalue weighted by Crippen LogP contribution is -2.01. The van der Waals surface area contributed by atoms with Crippen molar-refractivity contribution in [3.63, 3.8) is 0 Å². The first-order valence-electron chi connectivity index (χ1n) is 6.31.